The van der Waals surface area contributed by atoms with E-state index in [1.807, 2.05) is 41.1 Å². The number of fused-ring (bicyclic) bond motifs is 2. The van der Waals surface area contributed by atoms with E-state index in [0.717, 1.165) is 50.8 Å². The summed E-state index contributed by atoms with van der Waals surface area (Å²) in [6, 6.07) is 18.3. The van der Waals surface area contributed by atoms with Gasteiger partial charge in [-0.15, -0.1) is 22.7 Å². The molecular weight excluding hydrogens is 634 g/mol. The van der Waals surface area contributed by atoms with Crippen LogP contribution in [-0.2, 0) is 14.2 Å². The molecule has 1 unspecified atom stereocenters. The van der Waals surface area contributed by atoms with Crippen LogP contribution in [0.2, 0.25) is 0 Å². The number of nitrogens with one attached hydrogen (secondary N) is 1. The van der Waals surface area contributed by atoms with Crippen molar-refractivity contribution >= 4 is 73.8 Å². The van der Waals surface area contributed by atoms with Gasteiger partial charge in [-0.05, 0) is 47.2 Å². The Labute approximate surface area is 272 Å². The monoisotopic (exact) mass is 661 g/mol. The highest BCUT2D eigenvalue weighted by atomic mass is 35.5. The third-order valence-electron chi connectivity index (χ3n) is 7.10. The zero-order valence-corrected chi connectivity index (χ0v) is 26.7. The van der Waals surface area contributed by atoms with E-state index in [1.54, 1.807) is 53.0 Å². The van der Waals surface area contributed by atoms with Crippen molar-refractivity contribution in [3.05, 3.63) is 93.0 Å². The highest BCUT2D eigenvalue weighted by Crippen LogP contribution is 2.38. The lowest BCUT2D eigenvalue weighted by molar-refractivity contribution is 0.0592. The SMILES string of the molecule is COC(=O)c1cccc(-c2nc(N3CCOCC3)c3sccc3n2)c1.COC(=O)c1cccc(C2=NC(Cl)c3sccc3N2)c1. The van der Waals surface area contributed by atoms with Crippen LogP contribution in [0.25, 0.3) is 21.6 Å². The molecule has 0 bridgehead atoms. The number of aliphatic imine (C=N–C) groups is 1. The number of hydrogen-bond acceptors (Lipinski definition) is 12. The number of hydrogen-bond donors (Lipinski definition) is 1. The topological polar surface area (TPSA) is 115 Å². The predicted octanol–water partition coefficient (Wildman–Crippen LogP) is 6.63. The highest BCUT2D eigenvalue weighted by molar-refractivity contribution is 7.17. The maximum Gasteiger partial charge on any atom is 0.337 e. The summed E-state index contributed by atoms with van der Waals surface area (Å²) in [5.41, 5.74) is 4.05. The van der Waals surface area contributed by atoms with Gasteiger partial charge in [0, 0.05) is 24.2 Å². The second-order valence-electron chi connectivity index (χ2n) is 9.89. The van der Waals surface area contributed by atoms with Crippen LogP contribution in [0.5, 0.6) is 0 Å². The van der Waals surface area contributed by atoms with Crippen molar-refractivity contribution in [1.82, 2.24) is 9.97 Å². The van der Waals surface area contributed by atoms with Crippen LogP contribution in [0.15, 0.2) is 76.4 Å². The molecule has 0 saturated carbocycles. The minimum Gasteiger partial charge on any atom is -0.465 e. The van der Waals surface area contributed by atoms with Gasteiger partial charge in [0.15, 0.2) is 17.1 Å². The molecule has 0 aliphatic carbocycles. The summed E-state index contributed by atoms with van der Waals surface area (Å²) < 4.78 is 16.1. The zero-order valence-electron chi connectivity index (χ0n) is 24.4. The summed E-state index contributed by atoms with van der Waals surface area (Å²) in [4.78, 5) is 40.5. The Morgan fingerprint density at radius 2 is 1.58 bits per heavy atom. The number of carbonyl (C=O) groups excluding carboxylic acids is 2. The molecule has 1 saturated heterocycles. The van der Waals surface area contributed by atoms with Crippen LogP contribution in [-0.4, -0.2) is 68.3 Å². The van der Waals surface area contributed by atoms with Gasteiger partial charge in [-0.3, -0.25) is 0 Å². The Bertz CT molecular complexity index is 1880. The summed E-state index contributed by atoms with van der Waals surface area (Å²) in [7, 11) is 2.73. The fourth-order valence-corrected chi connectivity index (χ4v) is 6.85. The van der Waals surface area contributed by atoms with Gasteiger partial charge in [0.2, 0.25) is 0 Å². The fourth-order valence-electron chi connectivity index (χ4n) is 4.87. The van der Waals surface area contributed by atoms with Gasteiger partial charge in [-0.2, -0.15) is 0 Å². The smallest absolute Gasteiger partial charge is 0.337 e. The normalized spacial score (nSPS) is 15.7. The molecule has 13 heteroatoms. The quantitative estimate of drug-likeness (QED) is 0.126. The molecule has 10 nitrogen and oxygen atoms in total. The van der Waals surface area contributed by atoms with E-state index in [4.69, 9.17) is 30.8 Å². The molecule has 1 fully saturated rings. The van der Waals surface area contributed by atoms with Crippen LogP contribution >= 0.6 is 34.3 Å². The lowest BCUT2D eigenvalue weighted by atomic mass is 10.1. The molecule has 1 N–H and O–H groups in total. The molecule has 2 aliphatic rings. The first-order chi connectivity index (χ1) is 21.9. The van der Waals surface area contributed by atoms with Crippen molar-refractivity contribution in [2.45, 2.75) is 5.50 Å². The van der Waals surface area contributed by atoms with Gasteiger partial charge in [0.25, 0.3) is 0 Å². The average molecular weight is 662 g/mol. The van der Waals surface area contributed by atoms with Gasteiger partial charge >= 0.3 is 11.9 Å². The standard InChI is InChI=1S/C18H17N3O3S.C14H11ClN2O2S/c1-23-18(22)13-4-2-3-12(11-13)16-19-14-5-10-25-15(14)17(20-16)21-6-8-24-9-7-21;1-19-14(18)9-4-2-3-8(7-9)13-16-10-5-6-20-11(10)12(15)17-13/h2-5,10-11H,6-9H2,1H3;2-7,12H,1H3,(H,16,17). The first-order valence-corrected chi connectivity index (χ1v) is 16.2. The first kappa shape index (κ1) is 30.7. The van der Waals surface area contributed by atoms with E-state index in [-0.39, 0.29) is 11.9 Å². The van der Waals surface area contributed by atoms with Crippen LogP contribution in [0.4, 0.5) is 11.5 Å². The molecule has 230 valence electrons. The Morgan fingerprint density at radius 3 is 2.29 bits per heavy atom. The largest absolute Gasteiger partial charge is 0.465 e. The van der Waals surface area contributed by atoms with Gasteiger partial charge < -0.3 is 24.4 Å². The lowest BCUT2D eigenvalue weighted by Gasteiger charge is -2.28. The minimum absolute atomic E-state index is 0.369. The number of morpholine rings is 1. The first-order valence-electron chi connectivity index (χ1n) is 14.0. The second kappa shape index (κ2) is 13.7. The number of methoxy groups -OCH3 is 2. The second-order valence-corrected chi connectivity index (χ2v) is 12.2. The highest BCUT2D eigenvalue weighted by Gasteiger charge is 2.22. The third kappa shape index (κ3) is 6.69. The van der Waals surface area contributed by atoms with E-state index < -0.39 is 5.50 Å². The van der Waals surface area contributed by atoms with E-state index in [1.165, 1.54) is 14.2 Å². The molecule has 5 aromatic rings. The maximum atomic E-state index is 11.8. The number of anilines is 2. The fraction of sp³-hybridized carbons (Fsp3) is 0.219. The zero-order chi connectivity index (χ0) is 31.3. The molecule has 0 radical (unpaired) electrons. The number of thiophene rings is 2. The Morgan fingerprint density at radius 1 is 0.911 bits per heavy atom. The van der Waals surface area contributed by atoms with Crippen LogP contribution in [0.3, 0.4) is 0 Å². The summed E-state index contributed by atoms with van der Waals surface area (Å²) in [5, 5.41) is 7.23. The van der Waals surface area contributed by atoms with Crippen LogP contribution < -0.4 is 10.2 Å². The number of carbonyl (C=O) groups is 2. The molecule has 3 aromatic heterocycles. The minimum atomic E-state index is -0.400. The van der Waals surface area contributed by atoms with Crippen LogP contribution in [0.1, 0.15) is 36.7 Å². The molecule has 1 atom stereocenters. The number of esters is 2. The molecule has 45 heavy (non-hydrogen) atoms. The molecule has 2 aromatic carbocycles. The Hall–Kier alpha value is -4.36. The summed E-state index contributed by atoms with van der Waals surface area (Å²) in [6.45, 7) is 3.02. The van der Waals surface area contributed by atoms with Gasteiger partial charge in [0.1, 0.15) is 5.84 Å². The van der Waals surface area contributed by atoms with Crippen LogP contribution in [0, 0.1) is 0 Å². The van der Waals surface area contributed by atoms with Crippen molar-refractivity contribution in [3.63, 3.8) is 0 Å². The van der Waals surface area contributed by atoms with E-state index in [9.17, 15) is 9.59 Å². The lowest BCUT2D eigenvalue weighted by Crippen LogP contribution is -2.36. The van der Waals surface area contributed by atoms with Gasteiger partial charge in [0.05, 0.1) is 59.3 Å². The van der Waals surface area contributed by atoms with E-state index >= 15 is 0 Å². The third-order valence-corrected chi connectivity index (χ3v) is 9.42. The molecular formula is C32H28ClN5O5S2. The Kier molecular flexibility index (Phi) is 9.36. The maximum absolute atomic E-state index is 11.8. The van der Waals surface area contributed by atoms with Gasteiger partial charge in [-0.25, -0.2) is 24.5 Å². The Balaban J connectivity index is 0.000000163. The van der Waals surface area contributed by atoms with Crippen molar-refractivity contribution in [2.24, 2.45) is 4.99 Å². The van der Waals surface area contributed by atoms with Crippen molar-refractivity contribution < 1.29 is 23.8 Å². The number of nitrogens with zero attached hydrogens (tertiary/aromatic N) is 4. The average Bonchev–Trinajstić information content (AvgIpc) is 3.78. The number of halogens is 1. The molecule has 5 heterocycles. The number of amidine groups is 1. The summed E-state index contributed by atoms with van der Waals surface area (Å²) in [5.74, 6) is 1.45. The van der Waals surface area contributed by atoms with E-state index in [0.29, 0.717) is 36.0 Å². The summed E-state index contributed by atoms with van der Waals surface area (Å²) in [6.07, 6.45) is 0. The number of ether oxygens (including phenoxy) is 3. The number of alkyl halides is 1. The number of benzene rings is 2. The molecule has 0 spiro atoms. The number of aromatic nitrogens is 2. The number of rotatable bonds is 5. The molecule has 7 rings (SSSR count). The van der Waals surface area contributed by atoms with Crippen molar-refractivity contribution in [2.75, 3.05) is 50.7 Å². The van der Waals surface area contributed by atoms with Crippen molar-refractivity contribution in [3.8, 4) is 11.4 Å². The van der Waals surface area contributed by atoms with Crippen molar-refractivity contribution in [1.29, 1.82) is 0 Å². The predicted molar refractivity (Wildman–Crippen MR) is 178 cm³/mol. The summed E-state index contributed by atoms with van der Waals surface area (Å²) >= 11 is 9.46. The van der Waals surface area contributed by atoms with E-state index in [2.05, 4.69) is 20.2 Å². The molecule has 0 amide bonds. The van der Waals surface area contributed by atoms with Gasteiger partial charge in [-0.1, -0.05) is 35.9 Å². The molecule has 2 aliphatic heterocycles.